The predicted molar refractivity (Wildman–Crippen MR) is 111 cm³/mol. The molecule has 7 heteroatoms. The second-order valence-corrected chi connectivity index (χ2v) is 8.82. The monoisotopic (exact) mass is 400 g/mol. The largest absolute Gasteiger partial charge is 0.464 e. The average Bonchev–Trinajstić information content (AvgIpc) is 3.00. The van der Waals surface area contributed by atoms with Gasteiger partial charge in [-0.1, -0.05) is 30.3 Å². The van der Waals surface area contributed by atoms with Gasteiger partial charge >= 0.3 is 0 Å². The minimum atomic E-state index is -3.41. The molecule has 1 atom stereocenters. The molecule has 0 bridgehead atoms. The summed E-state index contributed by atoms with van der Waals surface area (Å²) in [6.07, 6.45) is 2.91. The third kappa shape index (κ3) is 4.36. The molecule has 28 heavy (non-hydrogen) atoms. The van der Waals surface area contributed by atoms with Gasteiger partial charge in [0.1, 0.15) is 5.58 Å². The van der Waals surface area contributed by atoms with Crippen LogP contribution in [0.2, 0.25) is 0 Å². The summed E-state index contributed by atoms with van der Waals surface area (Å²) in [6, 6.07) is 10.6. The molecule has 1 aromatic heterocycles. The summed E-state index contributed by atoms with van der Waals surface area (Å²) in [4.78, 5) is 12.6. The number of sulfonamides is 1. The Kier molecular flexibility index (Phi) is 5.47. The Balaban J connectivity index is 1.77. The van der Waals surface area contributed by atoms with Crippen molar-refractivity contribution in [2.45, 2.75) is 33.2 Å². The molecule has 0 spiro atoms. The van der Waals surface area contributed by atoms with Crippen LogP contribution in [0.15, 0.2) is 47.1 Å². The van der Waals surface area contributed by atoms with Gasteiger partial charge in [-0.3, -0.25) is 9.52 Å². The molecule has 0 saturated carbocycles. The van der Waals surface area contributed by atoms with E-state index in [1.807, 2.05) is 32.9 Å². The van der Waals surface area contributed by atoms with E-state index in [9.17, 15) is 13.2 Å². The van der Waals surface area contributed by atoms with Crippen molar-refractivity contribution in [3.8, 4) is 0 Å². The van der Waals surface area contributed by atoms with Gasteiger partial charge in [-0.15, -0.1) is 0 Å². The molecule has 0 aliphatic carbocycles. The van der Waals surface area contributed by atoms with Crippen LogP contribution in [0.4, 0.5) is 5.69 Å². The molecule has 0 fully saturated rings. The maximum Gasteiger partial charge on any atom is 0.229 e. The summed E-state index contributed by atoms with van der Waals surface area (Å²) in [6.45, 7) is 5.84. The van der Waals surface area contributed by atoms with Crippen LogP contribution in [-0.2, 0) is 21.2 Å². The first kappa shape index (κ1) is 19.9. The van der Waals surface area contributed by atoms with Crippen LogP contribution < -0.4 is 10.0 Å². The molecular formula is C21H24N2O4S. The lowest BCUT2D eigenvalue weighted by molar-refractivity contribution is -0.121. The van der Waals surface area contributed by atoms with Crippen LogP contribution in [0.1, 0.15) is 35.2 Å². The fourth-order valence-electron chi connectivity index (χ4n) is 3.24. The van der Waals surface area contributed by atoms with Crippen LogP contribution in [0.5, 0.6) is 0 Å². The molecule has 1 heterocycles. The summed E-state index contributed by atoms with van der Waals surface area (Å²) in [5.74, 6) is -0.164. The number of para-hydroxylation sites is 1. The molecule has 3 aromatic rings. The quantitative estimate of drug-likeness (QED) is 0.658. The molecule has 1 amide bonds. The predicted octanol–water partition coefficient (Wildman–Crippen LogP) is 3.84. The molecule has 3 rings (SSSR count). The number of benzene rings is 2. The number of fused-ring (bicyclic) bond motifs is 1. The minimum Gasteiger partial charge on any atom is -0.464 e. The number of hydrogen-bond donors (Lipinski definition) is 2. The van der Waals surface area contributed by atoms with Crippen molar-refractivity contribution in [2.75, 3.05) is 11.0 Å². The van der Waals surface area contributed by atoms with Crippen LogP contribution in [0, 0.1) is 13.8 Å². The first-order valence-electron chi connectivity index (χ1n) is 8.98. The van der Waals surface area contributed by atoms with Crippen molar-refractivity contribution in [1.29, 1.82) is 0 Å². The maximum atomic E-state index is 12.6. The zero-order chi connectivity index (χ0) is 20.5. The molecule has 0 aliphatic heterocycles. The van der Waals surface area contributed by atoms with E-state index in [1.165, 1.54) is 0 Å². The molecule has 2 aromatic carbocycles. The van der Waals surface area contributed by atoms with Crippen molar-refractivity contribution >= 4 is 32.6 Å². The number of nitrogens with one attached hydrogen (secondary N) is 2. The van der Waals surface area contributed by atoms with E-state index in [4.69, 9.17) is 4.42 Å². The van der Waals surface area contributed by atoms with Gasteiger partial charge in [-0.25, -0.2) is 8.42 Å². The van der Waals surface area contributed by atoms with Crippen LogP contribution in [0.3, 0.4) is 0 Å². The molecule has 0 radical (unpaired) electrons. The summed E-state index contributed by atoms with van der Waals surface area (Å²) < 4.78 is 31.3. The first-order valence-corrected chi connectivity index (χ1v) is 10.9. The van der Waals surface area contributed by atoms with Crippen molar-refractivity contribution in [1.82, 2.24) is 5.32 Å². The van der Waals surface area contributed by atoms with Crippen molar-refractivity contribution < 1.29 is 17.6 Å². The normalized spacial score (nSPS) is 12.7. The van der Waals surface area contributed by atoms with Gasteiger partial charge < -0.3 is 9.73 Å². The maximum absolute atomic E-state index is 12.6. The average molecular weight is 401 g/mol. The highest BCUT2D eigenvalue weighted by Gasteiger charge is 2.17. The van der Waals surface area contributed by atoms with E-state index in [1.54, 1.807) is 30.5 Å². The second-order valence-electron chi connectivity index (χ2n) is 7.07. The third-order valence-corrected chi connectivity index (χ3v) is 5.38. The number of aryl methyl sites for hydroxylation is 2. The number of carbonyl (C=O) groups is 1. The smallest absolute Gasteiger partial charge is 0.229 e. The molecule has 6 nitrogen and oxygen atoms in total. The lowest BCUT2D eigenvalue weighted by Gasteiger charge is -2.18. The number of furan rings is 1. The molecular weight excluding hydrogens is 376 g/mol. The van der Waals surface area contributed by atoms with Crippen molar-refractivity contribution in [3.63, 3.8) is 0 Å². The fraction of sp³-hybridized carbons (Fsp3) is 0.286. The van der Waals surface area contributed by atoms with Gasteiger partial charge in [0.25, 0.3) is 0 Å². The van der Waals surface area contributed by atoms with Gasteiger partial charge in [0.15, 0.2) is 0 Å². The van der Waals surface area contributed by atoms with Crippen LogP contribution in [-0.4, -0.2) is 20.6 Å². The van der Waals surface area contributed by atoms with Crippen molar-refractivity contribution in [3.05, 3.63) is 64.9 Å². The summed E-state index contributed by atoms with van der Waals surface area (Å²) in [7, 11) is -3.41. The highest BCUT2D eigenvalue weighted by molar-refractivity contribution is 7.92. The van der Waals surface area contributed by atoms with E-state index >= 15 is 0 Å². The number of hydrogen-bond acceptors (Lipinski definition) is 4. The van der Waals surface area contributed by atoms with Gasteiger partial charge in [0.2, 0.25) is 15.9 Å². The Morgan fingerprint density at radius 1 is 1.14 bits per heavy atom. The highest BCUT2D eigenvalue weighted by Crippen LogP contribution is 2.27. The number of rotatable bonds is 6. The molecule has 148 valence electrons. The first-order chi connectivity index (χ1) is 13.2. The van der Waals surface area contributed by atoms with E-state index in [0.29, 0.717) is 11.3 Å². The molecule has 1 unspecified atom stereocenters. The Hall–Kier alpha value is -2.80. The summed E-state index contributed by atoms with van der Waals surface area (Å²) >= 11 is 0. The lowest BCUT2D eigenvalue weighted by atomic mass is 10.0. The molecule has 0 saturated heterocycles. The van der Waals surface area contributed by atoms with Crippen molar-refractivity contribution in [2.24, 2.45) is 0 Å². The standard InChI is InChI=1S/C21H24N2O4S/c1-13-9-10-18-16(12-27-21(18)14(13)2)11-20(24)22-15(3)17-7-5-6-8-19(17)23-28(4,25)26/h5-10,12,15,23H,11H2,1-4H3,(H,22,24). The minimum absolute atomic E-state index is 0.164. The zero-order valence-corrected chi connectivity index (χ0v) is 17.2. The van der Waals surface area contributed by atoms with E-state index in [0.717, 1.165) is 33.9 Å². The number of amides is 1. The Bertz CT molecular complexity index is 1130. The van der Waals surface area contributed by atoms with Crippen LogP contribution >= 0.6 is 0 Å². The highest BCUT2D eigenvalue weighted by atomic mass is 32.2. The summed E-state index contributed by atoms with van der Waals surface area (Å²) in [5, 5.41) is 3.87. The lowest BCUT2D eigenvalue weighted by Crippen LogP contribution is -2.28. The SMILES string of the molecule is Cc1ccc2c(CC(=O)NC(C)c3ccccc3NS(C)(=O)=O)coc2c1C. The van der Waals surface area contributed by atoms with E-state index in [-0.39, 0.29) is 18.4 Å². The molecule has 0 aliphatic rings. The zero-order valence-electron chi connectivity index (χ0n) is 16.4. The second kappa shape index (κ2) is 7.67. The van der Waals surface area contributed by atoms with Gasteiger partial charge in [0.05, 0.1) is 30.7 Å². The van der Waals surface area contributed by atoms with E-state index in [2.05, 4.69) is 10.0 Å². The third-order valence-electron chi connectivity index (χ3n) is 4.79. The Labute approximate surface area is 165 Å². The summed E-state index contributed by atoms with van der Waals surface area (Å²) in [5.41, 5.74) is 4.99. The number of carbonyl (C=O) groups excluding carboxylic acids is 1. The van der Waals surface area contributed by atoms with Gasteiger partial charge in [-0.2, -0.15) is 0 Å². The fourth-order valence-corrected chi connectivity index (χ4v) is 3.82. The number of anilines is 1. The molecule has 2 N–H and O–H groups in total. The van der Waals surface area contributed by atoms with Gasteiger partial charge in [-0.05, 0) is 43.5 Å². The van der Waals surface area contributed by atoms with E-state index < -0.39 is 10.0 Å². The Morgan fingerprint density at radius 2 is 1.86 bits per heavy atom. The topological polar surface area (TPSA) is 88.4 Å². The Morgan fingerprint density at radius 3 is 2.57 bits per heavy atom. The van der Waals surface area contributed by atoms with Gasteiger partial charge in [0, 0.05) is 10.9 Å². The van der Waals surface area contributed by atoms with Crippen LogP contribution in [0.25, 0.3) is 11.0 Å².